The molecule has 2 N–H and O–H groups in total. The second-order valence-corrected chi connectivity index (χ2v) is 6.63. The van der Waals surface area contributed by atoms with Crippen molar-refractivity contribution in [1.29, 1.82) is 0 Å². The summed E-state index contributed by atoms with van der Waals surface area (Å²) in [6, 6.07) is 4.79. The Morgan fingerprint density at radius 2 is 2.10 bits per heavy atom. The van der Waals surface area contributed by atoms with E-state index in [1.54, 1.807) is 19.1 Å². The predicted octanol–water partition coefficient (Wildman–Crippen LogP) is 1.99. The van der Waals surface area contributed by atoms with Gasteiger partial charge in [0.2, 0.25) is 10.0 Å². The number of nitrogens with zero attached hydrogens (tertiary/aromatic N) is 1. The fourth-order valence-electron chi connectivity index (χ4n) is 2.14. The molecule has 0 amide bonds. The van der Waals surface area contributed by atoms with Crippen molar-refractivity contribution in [2.24, 2.45) is 11.1 Å². The van der Waals surface area contributed by atoms with Crippen LogP contribution in [0.25, 0.3) is 0 Å². The maximum absolute atomic E-state index is 11.2. The van der Waals surface area contributed by atoms with Crippen molar-refractivity contribution in [2.75, 3.05) is 12.4 Å². The highest BCUT2D eigenvalue weighted by Gasteiger charge is 2.21. The highest BCUT2D eigenvalue weighted by molar-refractivity contribution is 7.89. The number of ether oxygens (including phenoxy) is 1. The molecule has 0 aliphatic carbocycles. The van der Waals surface area contributed by atoms with Crippen LogP contribution in [0, 0.1) is 23.0 Å². The molecule has 0 aromatic heterocycles. The molecular formula is C13H20N2O5S. The van der Waals surface area contributed by atoms with E-state index in [0.29, 0.717) is 12.0 Å². The summed E-state index contributed by atoms with van der Waals surface area (Å²) in [6.45, 7) is 3.62. The molecule has 1 aromatic rings. The van der Waals surface area contributed by atoms with Crippen molar-refractivity contribution >= 4 is 15.7 Å². The quantitative estimate of drug-likeness (QED) is 0.582. The minimum atomic E-state index is -3.60. The first-order valence-electron chi connectivity index (χ1n) is 6.62. The Morgan fingerprint density at radius 1 is 1.43 bits per heavy atom. The first-order chi connectivity index (χ1) is 9.74. The molecule has 0 saturated heterocycles. The molecule has 0 bridgehead atoms. The lowest BCUT2D eigenvalue weighted by atomic mass is 10.1. The van der Waals surface area contributed by atoms with Gasteiger partial charge in [0.05, 0.1) is 17.3 Å². The van der Waals surface area contributed by atoms with E-state index in [4.69, 9.17) is 9.88 Å². The van der Waals surface area contributed by atoms with E-state index in [1.165, 1.54) is 6.07 Å². The Morgan fingerprint density at radius 3 is 2.62 bits per heavy atom. The molecule has 0 saturated carbocycles. The fraction of sp³-hybridized carbons (Fsp3) is 0.538. The van der Waals surface area contributed by atoms with E-state index in [1.807, 2.05) is 6.92 Å². The Kier molecular flexibility index (Phi) is 6.10. The van der Waals surface area contributed by atoms with Crippen LogP contribution >= 0.6 is 0 Å². The molecular weight excluding hydrogens is 296 g/mol. The first kappa shape index (κ1) is 17.4. The van der Waals surface area contributed by atoms with Gasteiger partial charge in [0.1, 0.15) is 0 Å². The number of rotatable bonds is 8. The van der Waals surface area contributed by atoms with E-state index in [-0.39, 0.29) is 29.7 Å². The molecule has 1 atom stereocenters. The summed E-state index contributed by atoms with van der Waals surface area (Å²) < 4.78 is 27.8. The van der Waals surface area contributed by atoms with Crippen LogP contribution in [0.4, 0.5) is 5.69 Å². The summed E-state index contributed by atoms with van der Waals surface area (Å²) in [5.41, 5.74) is 0.402. The van der Waals surface area contributed by atoms with Crippen molar-refractivity contribution in [3.05, 3.63) is 33.9 Å². The van der Waals surface area contributed by atoms with Crippen LogP contribution in [0.15, 0.2) is 18.2 Å². The molecule has 118 valence electrons. The van der Waals surface area contributed by atoms with Crippen LogP contribution < -0.4 is 9.88 Å². The number of primary sulfonamides is 1. The van der Waals surface area contributed by atoms with E-state index in [9.17, 15) is 18.5 Å². The molecule has 7 nitrogen and oxygen atoms in total. The number of nitro benzene ring substituents is 1. The van der Waals surface area contributed by atoms with Gasteiger partial charge in [-0.25, -0.2) is 13.6 Å². The van der Waals surface area contributed by atoms with Gasteiger partial charge in [-0.05, 0) is 19.4 Å². The van der Waals surface area contributed by atoms with Crippen molar-refractivity contribution in [3.63, 3.8) is 0 Å². The number of nitro groups is 1. The van der Waals surface area contributed by atoms with Crippen molar-refractivity contribution in [2.45, 2.75) is 26.7 Å². The summed E-state index contributed by atoms with van der Waals surface area (Å²) in [4.78, 5) is 10.6. The first-order valence-corrected chi connectivity index (χ1v) is 8.33. The summed E-state index contributed by atoms with van der Waals surface area (Å²) in [5, 5.41) is 16.1. The van der Waals surface area contributed by atoms with Gasteiger partial charge in [-0.1, -0.05) is 25.5 Å². The smallest absolute Gasteiger partial charge is 0.313 e. The zero-order valence-electron chi connectivity index (χ0n) is 12.1. The van der Waals surface area contributed by atoms with Gasteiger partial charge in [0, 0.05) is 11.5 Å². The predicted molar refractivity (Wildman–Crippen MR) is 79.7 cm³/mol. The minimum Gasteiger partial charge on any atom is -0.486 e. The summed E-state index contributed by atoms with van der Waals surface area (Å²) >= 11 is 0. The van der Waals surface area contributed by atoms with Crippen LogP contribution in [0.3, 0.4) is 0 Å². The molecule has 0 radical (unpaired) electrons. The largest absolute Gasteiger partial charge is 0.486 e. The average Bonchev–Trinajstić information content (AvgIpc) is 2.34. The lowest BCUT2D eigenvalue weighted by molar-refractivity contribution is -0.386. The molecule has 1 unspecified atom stereocenters. The minimum absolute atomic E-state index is 0.0779. The number of aryl methyl sites for hydroxylation is 1. The van der Waals surface area contributed by atoms with Crippen LogP contribution in [-0.2, 0) is 10.0 Å². The normalized spacial score (nSPS) is 12.9. The summed E-state index contributed by atoms with van der Waals surface area (Å²) in [7, 11) is -3.60. The van der Waals surface area contributed by atoms with Gasteiger partial charge in [-0.3, -0.25) is 10.1 Å². The highest BCUT2D eigenvalue weighted by Crippen LogP contribution is 2.30. The molecule has 1 aromatic carbocycles. The number of para-hydroxylation sites is 1. The molecule has 0 fully saturated rings. The van der Waals surface area contributed by atoms with Gasteiger partial charge >= 0.3 is 5.69 Å². The third kappa shape index (κ3) is 5.68. The zero-order chi connectivity index (χ0) is 16.0. The standard InChI is InChI=1S/C13H20N2O5S/c1-3-5-11(9-21(14,18)19)8-20-12-7-4-6-10(2)13(12)15(16)17/h4,6-7,11H,3,5,8-9H2,1-2H3,(H2,14,18,19). The number of sulfonamides is 1. The maximum atomic E-state index is 11.2. The van der Waals surface area contributed by atoms with E-state index >= 15 is 0 Å². The van der Waals surface area contributed by atoms with E-state index in [0.717, 1.165) is 6.42 Å². The third-order valence-corrected chi connectivity index (χ3v) is 3.96. The topological polar surface area (TPSA) is 113 Å². The van der Waals surface area contributed by atoms with Crippen LogP contribution in [0.2, 0.25) is 0 Å². The summed E-state index contributed by atoms with van der Waals surface area (Å²) in [5.74, 6) is -0.332. The molecule has 0 aliphatic heterocycles. The van der Waals surface area contributed by atoms with Gasteiger partial charge < -0.3 is 4.74 Å². The highest BCUT2D eigenvalue weighted by atomic mass is 32.2. The van der Waals surface area contributed by atoms with Crippen molar-refractivity contribution in [3.8, 4) is 5.75 Å². The zero-order valence-corrected chi connectivity index (χ0v) is 12.9. The number of nitrogens with two attached hydrogens (primary N) is 1. The van der Waals surface area contributed by atoms with Crippen LogP contribution in [0.1, 0.15) is 25.3 Å². The van der Waals surface area contributed by atoms with Gasteiger partial charge in [0.15, 0.2) is 5.75 Å². The lowest BCUT2D eigenvalue weighted by Gasteiger charge is -2.16. The molecule has 0 spiro atoms. The van der Waals surface area contributed by atoms with Gasteiger partial charge in [-0.15, -0.1) is 0 Å². The summed E-state index contributed by atoms with van der Waals surface area (Å²) in [6.07, 6.45) is 1.40. The molecule has 8 heteroatoms. The van der Waals surface area contributed by atoms with Crippen LogP contribution in [-0.4, -0.2) is 25.7 Å². The molecule has 1 rings (SSSR count). The van der Waals surface area contributed by atoms with Gasteiger partial charge in [0.25, 0.3) is 0 Å². The lowest BCUT2D eigenvalue weighted by Crippen LogP contribution is -2.27. The van der Waals surface area contributed by atoms with Crippen molar-refractivity contribution < 1.29 is 18.1 Å². The second-order valence-electron chi connectivity index (χ2n) is 4.97. The monoisotopic (exact) mass is 316 g/mol. The number of hydrogen-bond donors (Lipinski definition) is 1. The number of benzene rings is 1. The van der Waals surface area contributed by atoms with Crippen LogP contribution in [0.5, 0.6) is 5.75 Å². The molecule has 0 heterocycles. The Labute approximate surface area is 124 Å². The molecule has 0 aliphatic rings. The second kappa shape index (κ2) is 7.37. The van der Waals surface area contributed by atoms with Gasteiger partial charge in [-0.2, -0.15) is 0 Å². The Balaban J connectivity index is 2.85. The SMILES string of the molecule is CCCC(COc1cccc(C)c1[N+](=O)[O-])CS(N)(=O)=O. The number of hydrogen-bond acceptors (Lipinski definition) is 5. The van der Waals surface area contributed by atoms with Crippen molar-refractivity contribution in [1.82, 2.24) is 0 Å². The van der Waals surface area contributed by atoms with E-state index < -0.39 is 14.9 Å². The Bertz CT molecular complexity index is 601. The molecule has 21 heavy (non-hydrogen) atoms. The fourth-order valence-corrected chi connectivity index (χ4v) is 3.06. The van der Waals surface area contributed by atoms with E-state index in [2.05, 4.69) is 0 Å². The Hall–Kier alpha value is -1.67. The maximum Gasteiger partial charge on any atom is 0.313 e. The third-order valence-electron chi connectivity index (χ3n) is 3.02. The average molecular weight is 316 g/mol.